The molecule has 2 amide bonds. The monoisotopic (exact) mass is 376 g/mol. The maximum Gasteiger partial charge on any atom is 0.230 e. The summed E-state index contributed by atoms with van der Waals surface area (Å²) in [6, 6.07) is 16.2. The molecule has 2 aliphatic rings. The van der Waals surface area contributed by atoms with Crippen LogP contribution in [-0.4, -0.2) is 18.4 Å². The second-order valence-corrected chi connectivity index (χ2v) is 8.27. The minimum Gasteiger partial charge on any atom is -0.356 e. The van der Waals surface area contributed by atoms with Crippen LogP contribution in [-0.2, 0) is 22.6 Å². The van der Waals surface area contributed by atoms with Gasteiger partial charge in [0.1, 0.15) is 0 Å². The molecule has 0 atom stereocenters. The number of aryl methyl sites for hydroxylation is 1. The van der Waals surface area contributed by atoms with Gasteiger partial charge in [0, 0.05) is 18.2 Å². The largest absolute Gasteiger partial charge is 0.356 e. The van der Waals surface area contributed by atoms with E-state index in [0.29, 0.717) is 18.9 Å². The van der Waals surface area contributed by atoms with Crippen LogP contribution in [0.25, 0.3) is 0 Å². The lowest BCUT2D eigenvalue weighted by Crippen LogP contribution is -2.31. The minimum absolute atomic E-state index is 0.0743. The lowest BCUT2D eigenvalue weighted by molar-refractivity contribution is -0.121. The molecular formula is C24H28N2O2. The number of nitrogens with one attached hydrogen (secondary N) is 1. The van der Waals surface area contributed by atoms with E-state index in [1.54, 1.807) is 0 Å². The Bertz CT molecular complexity index is 834. The van der Waals surface area contributed by atoms with E-state index in [-0.39, 0.29) is 17.7 Å². The van der Waals surface area contributed by atoms with Gasteiger partial charge >= 0.3 is 0 Å². The number of anilines is 1. The molecule has 0 heterocycles. The molecule has 2 saturated carbocycles. The minimum atomic E-state index is 0.0743. The van der Waals surface area contributed by atoms with Gasteiger partial charge in [-0.15, -0.1) is 0 Å². The quantitative estimate of drug-likeness (QED) is 0.757. The van der Waals surface area contributed by atoms with Crippen molar-refractivity contribution in [1.29, 1.82) is 0 Å². The Balaban J connectivity index is 1.43. The predicted octanol–water partition coefficient (Wildman–Crippen LogP) is 4.01. The van der Waals surface area contributed by atoms with Gasteiger partial charge in [0.15, 0.2) is 0 Å². The van der Waals surface area contributed by atoms with Gasteiger partial charge in [0.25, 0.3) is 0 Å². The number of carbonyl (C=O) groups excluding carboxylic acids is 2. The van der Waals surface area contributed by atoms with Crippen molar-refractivity contribution in [2.24, 2.45) is 11.8 Å². The van der Waals surface area contributed by atoms with E-state index in [1.165, 1.54) is 18.4 Å². The Morgan fingerprint density at radius 1 is 0.929 bits per heavy atom. The van der Waals surface area contributed by atoms with E-state index in [1.807, 2.05) is 29.2 Å². The van der Waals surface area contributed by atoms with Crippen LogP contribution in [0.3, 0.4) is 0 Å². The average molecular weight is 377 g/mol. The summed E-state index contributed by atoms with van der Waals surface area (Å²) in [7, 11) is 0. The predicted molar refractivity (Wildman–Crippen MR) is 111 cm³/mol. The molecule has 2 aliphatic carbocycles. The Morgan fingerprint density at radius 3 is 2.18 bits per heavy atom. The summed E-state index contributed by atoms with van der Waals surface area (Å²) in [6.45, 7) is 3.45. The lowest BCUT2D eigenvalue weighted by atomic mass is 10.1. The van der Waals surface area contributed by atoms with Crippen LogP contribution in [0.5, 0.6) is 0 Å². The molecule has 4 nitrogen and oxygen atoms in total. The summed E-state index contributed by atoms with van der Waals surface area (Å²) in [5, 5.41) is 3.01. The molecule has 2 fully saturated rings. The number of hydrogen-bond donors (Lipinski definition) is 1. The first kappa shape index (κ1) is 18.7. The zero-order valence-corrected chi connectivity index (χ0v) is 16.5. The number of carbonyl (C=O) groups is 2. The van der Waals surface area contributed by atoms with Crippen LogP contribution in [0.15, 0.2) is 48.5 Å². The fourth-order valence-electron chi connectivity index (χ4n) is 3.34. The topological polar surface area (TPSA) is 49.4 Å². The molecule has 0 radical (unpaired) electrons. The summed E-state index contributed by atoms with van der Waals surface area (Å²) in [6.07, 6.45) is 4.84. The van der Waals surface area contributed by atoms with Crippen molar-refractivity contribution in [3.8, 4) is 0 Å². The third-order valence-electron chi connectivity index (χ3n) is 5.55. The third-order valence-corrected chi connectivity index (χ3v) is 5.55. The second-order valence-electron chi connectivity index (χ2n) is 8.27. The fourth-order valence-corrected chi connectivity index (χ4v) is 3.34. The van der Waals surface area contributed by atoms with E-state index in [2.05, 4.69) is 36.5 Å². The maximum absolute atomic E-state index is 12.9. The smallest absolute Gasteiger partial charge is 0.230 e. The number of rotatable bonds is 8. The molecule has 0 bridgehead atoms. The average Bonchev–Trinajstić information content (AvgIpc) is 3.60. The Labute approximate surface area is 166 Å². The molecule has 146 valence electrons. The molecule has 4 heteroatoms. The standard InChI is InChI=1S/C24H28N2O2/c1-17-2-4-20(5-3-17)16-26(24(28)21-10-11-21)22-12-8-18(9-13-22)14-23(27)25-15-19-6-7-19/h2-5,8-9,12-13,19,21H,6-7,10-11,14-16H2,1H3,(H,25,27). The van der Waals surface area contributed by atoms with Crippen molar-refractivity contribution in [2.45, 2.75) is 45.6 Å². The van der Waals surface area contributed by atoms with E-state index in [4.69, 9.17) is 0 Å². The van der Waals surface area contributed by atoms with Gasteiger partial charge in [-0.25, -0.2) is 0 Å². The highest BCUT2D eigenvalue weighted by atomic mass is 16.2. The van der Waals surface area contributed by atoms with Crippen LogP contribution >= 0.6 is 0 Å². The zero-order valence-electron chi connectivity index (χ0n) is 16.5. The molecule has 2 aromatic rings. The van der Waals surface area contributed by atoms with Crippen molar-refractivity contribution >= 4 is 17.5 Å². The van der Waals surface area contributed by atoms with Gasteiger partial charge in [0.05, 0.1) is 13.0 Å². The normalized spacial score (nSPS) is 15.9. The summed E-state index contributed by atoms with van der Waals surface area (Å²) in [5.74, 6) is 1.13. The van der Waals surface area contributed by atoms with Gasteiger partial charge in [-0.05, 0) is 61.8 Å². The molecule has 28 heavy (non-hydrogen) atoms. The molecular weight excluding hydrogens is 348 g/mol. The van der Waals surface area contributed by atoms with Gasteiger partial charge in [-0.1, -0.05) is 42.0 Å². The Morgan fingerprint density at radius 2 is 1.57 bits per heavy atom. The van der Waals surface area contributed by atoms with Gasteiger partial charge < -0.3 is 10.2 Å². The molecule has 0 spiro atoms. The highest BCUT2D eigenvalue weighted by molar-refractivity contribution is 5.96. The van der Waals surface area contributed by atoms with Crippen molar-refractivity contribution in [2.75, 3.05) is 11.4 Å². The van der Waals surface area contributed by atoms with Crippen molar-refractivity contribution in [1.82, 2.24) is 5.32 Å². The van der Waals surface area contributed by atoms with Crippen molar-refractivity contribution in [3.05, 3.63) is 65.2 Å². The first-order valence-corrected chi connectivity index (χ1v) is 10.3. The van der Waals surface area contributed by atoms with Gasteiger partial charge in [-0.3, -0.25) is 9.59 Å². The van der Waals surface area contributed by atoms with E-state index < -0.39 is 0 Å². The highest BCUT2D eigenvalue weighted by Crippen LogP contribution is 2.33. The highest BCUT2D eigenvalue weighted by Gasteiger charge is 2.34. The number of hydrogen-bond acceptors (Lipinski definition) is 2. The molecule has 1 N–H and O–H groups in total. The summed E-state index contributed by atoms with van der Waals surface area (Å²) in [5.41, 5.74) is 4.22. The lowest BCUT2D eigenvalue weighted by Gasteiger charge is -2.23. The van der Waals surface area contributed by atoms with E-state index in [9.17, 15) is 9.59 Å². The number of benzene rings is 2. The van der Waals surface area contributed by atoms with Crippen molar-refractivity contribution in [3.63, 3.8) is 0 Å². The zero-order chi connectivity index (χ0) is 19.5. The van der Waals surface area contributed by atoms with E-state index in [0.717, 1.165) is 36.2 Å². The Kier molecular flexibility index (Phi) is 5.47. The summed E-state index contributed by atoms with van der Waals surface area (Å²) < 4.78 is 0. The van der Waals surface area contributed by atoms with Crippen LogP contribution < -0.4 is 10.2 Å². The second kappa shape index (κ2) is 8.17. The number of nitrogens with zero attached hydrogens (tertiary/aromatic N) is 1. The summed E-state index contributed by atoms with van der Waals surface area (Å²) in [4.78, 5) is 26.8. The molecule has 0 aliphatic heterocycles. The molecule has 0 saturated heterocycles. The SMILES string of the molecule is Cc1ccc(CN(C(=O)C2CC2)c2ccc(CC(=O)NCC3CC3)cc2)cc1. The summed E-state index contributed by atoms with van der Waals surface area (Å²) >= 11 is 0. The van der Waals surface area contributed by atoms with Crippen LogP contribution in [0, 0.1) is 18.8 Å². The molecule has 0 unspecified atom stereocenters. The van der Waals surface area contributed by atoms with Crippen LogP contribution in [0.4, 0.5) is 5.69 Å². The first-order valence-electron chi connectivity index (χ1n) is 10.3. The van der Waals surface area contributed by atoms with Crippen molar-refractivity contribution < 1.29 is 9.59 Å². The third kappa shape index (κ3) is 5.00. The number of amides is 2. The maximum atomic E-state index is 12.9. The molecule has 4 rings (SSSR count). The van der Waals surface area contributed by atoms with Gasteiger partial charge in [0.2, 0.25) is 11.8 Å². The molecule has 2 aromatic carbocycles. The first-order chi connectivity index (χ1) is 13.6. The Hall–Kier alpha value is -2.62. The van der Waals surface area contributed by atoms with Gasteiger partial charge in [-0.2, -0.15) is 0 Å². The molecule has 0 aromatic heterocycles. The van der Waals surface area contributed by atoms with Crippen LogP contribution in [0.1, 0.15) is 42.4 Å². The van der Waals surface area contributed by atoms with E-state index >= 15 is 0 Å². The fraction of sp³-hybridized carbons (Fsp3) is 0.417. The van der Waals surface area contributed by atoms with Crippen LogP contribution in [0.2, 0.25) is 0 Å².